The zero-order valence-electron chi connectivity index (χ0n) is 10.9. The van der Waals surface area contributed by atoms with E-state index < -0.39 is 5.97 Å². The number of para-hydroxylation sites is 1. The number of esters is 1. The normalized spacial score (nSPS) is 9.37. The second kappa shape index (κ2) is 7.49. The van der Waals surface area contributed by atoms with Crippen LogP contribution in [0.4, 0.5) is 5.69 Å². The lowest BCUT2D eigenvalue weighted by Crippen LogP contribution is -2.06. The molecule has 1 aromatic carbocycles. The van der Waals surface area contributed by atoms with Crippen LogP contribution in [0.5, 0.6) is 0 Å². The maximum absolute atomic E-state index is 11.4. The molecular formula is C14H15NO3S. The van der Waals surface area contributed by atoms with Gasteiger partial charge in [0.25, 0.3) is 0 Å². The van der Waals surface area contributed by atoms with Crippen molar-refractivity contribution in [3.8, 4) is 11.8 Å². The number of hydrogen-bond donors (Lipinski definition) is 1. The number of nitrogen functional groups attached to an aromatic ring is 1. The van der Waals surface area contributed by atoms with E-state index in [0.29, 0.717) is 29.0 Å². The van der Waals surface area contributed by atoms with Crippen LogP contribution in [0.2, 0.25) is 0 Å². The van der Waals surface area contributed by atoms with E-state index >= 15 is 0 Å². The van der Waals surface area contributed by atoms with Crippen LogP contribution in [0.3, 0.4) is 0 Å². The minimum atomic E-state index is -0.478. The second-order valence-electron chi connectivity index (χ2n) is 3.65. The Morgan fingerprint density at radius 2 is 2.16 bits per heavy atom. The number of methoxy groups -OCH3 is 1. The Balaban J connectivity index is 2.77. The van der Waals surface area contributed by atoms with Crippen LogP contribution in [0.25, 0.3) is 0 Å². The van der Waals surface area contributed by atoms with E-state index in [1.54, 1.807) is 18.2 Å². The topological polar surface area (TPSA) is 69.4 Å². The summed E-state index contributed by atoms with van der Waals surface area (Å²) in [7, 11) is 1.30. The highest BCUT2D eigenvalue weighted by molar-refractivity contribution is 8.13. The third-order valence-corrected chi connectivity index (χ3v) is 3.08. The van der Waals surface area contributed by atoms with Gasteiger partial charge in [-0.1, -0.05) is 29.7 Å². The van der Waals surface area contributed by atoms with E-state index in [4.69, 9.17) is 5.73 Å². The number of ether oxygens (including phenoxy) is 1. The number of nitrogens with two attached hydrogens (primary N) is 1. The molecule has 5 heteroatoms. The number of carbonyl (C=O) groups excluding carboxylic acids is 2. The van der Waals surface area contributed by atoms with Crippen LogP contribution in [-0.2, 0) is 9.53 Å². The van der Waals surface area contributed by atoms with Gasteiger partial charge in [-0.15, -0.1) is 0 Å². The van der Waals surface area contributed by atoms with Crippen LogP contribution in [0.15, 0.2) is 18.2 Å². The SMILES string of the molecule is COC(=O)c1cccc(C#CCCSC(C)=O)c1N. The fourth-order valence-electron chi connectivity index (χ4n) is 1.37. The first-order valence-electron chi connectivity index (χ1n) is 5.65. The number of thioether (sulfide) groups is 1. The van der Waals surface area contributed by atoms with E-state index in [1.807, 2.05) is 0 Å². The van der Waals surface area contributed by atoms with Crippen molar-refractivity contribution in [1.29, 1.82) is 0 Å². The van der Waals surface area contributed by atoms with Gasteiger partial charge in [-0.05, 0) is 12.1 Å². The maximum Gasteiger partial charge on any atom is 0.339 e. The average molecular weight is 277 g/mol. The van der Waals surface area contributed by atoms with E-state index in [-0.39, 0.29) is 5.12 Å². The summed E-state index contributed by atoms with van der Waals surface area (Å²) in [6.45, 7) is 1.52. The standard InChI is InChI=1S/C14H15NO3S/c1-10(16)19-9-4-3-6-11-7-5-8-12(13(11)15)14(17)18-2/h5,7-8H,4,9,15H2,1-2H3. The second-order valence-corrected chi connectivity index (χ2v) is 4.92. The lowest BCUT2D eigenvalue weighted by atomic mass is 10.1. The number of anilines is 1. The Morgan fingerprint density at radius 1 is 1.42 bits per heavy atom. The molecule has 0 heterocycles. The minimum Gasteiger partial charge on any atom is -0.465 e. The summed E-state index contributed by atoms with van der Waals surface area (Å²) < 4.78 is 4.63. The quantitative estimate of drug-likeness (QED) is 0.396. The Morgan fingerprint density at radius 3 is 2.79 bits per heavy atom. The van der Waals surface area contributed by atoms with Crippen molar-refractivity contribution in [2.75, 3.05) is 18.6 Å². The van der Waals surface area contributed by atoms with Gasteiger partial charge in [0.15, 0.2) is 5.12 Å². The van der Waals surface area contributed by atoms with E-state index in [1.165, 1.54) is 25.8 Å². The molecule has 0 saturated heterocycles. The molecular weight excluding hydrogens is 262 g/mol. The predicted octanol–water partition coefficient (Wildman–Crippen LogP) is 2.08. The minimum absolute atomic E-state index is 0.0778. The molecule has 0 spiro atoms. The zero-order valence-corrected chi connectivity index (χ0v) is 11.7. The molecule has 0 fully saturated rings. The molecule has 100 valence electrons. The smallest absolute Gasteiger partial charge is 0.339 e. The summed E-state index contributed by atoms with van der Waals surface area (Å²) in [4.78, 5) is 22.2. The molecule has 0 aliphatic heterocycles. The van der Waals surface area contributed by atoms with E-state index in [9.17, 15) is 9.59 Å². The predicted molar refractivity (Wildman–Crippen MR) is 76.8 cm³/mol. The van der Waals surface area contributed by atoms with Gasteiger partial charge in [0.1, 0.15) is 0 Å². The maximum atomic E-state index is 11.4. The largest absolute Gasteiger partial charge is 0.465 e. The fourth-order valence-corrected chi connectivity index (χ4v) is 1.86. The number of hydrogen-bond acceptors (Lipinski definition) is 5. The zero-order chi connectivity index (χ0) is 14.3. The Bertz CT molecular complexity index is 543. The molecule has 1 rings (SSSR count). The van der Waals surface area contributed by atoms with Gasteiger partial charge in [-0.25, -0.2) is 4.79 Å². The first-order chi connectivity index (χ1) is 9.06. The molecule has 2 N–H and O–H groups in total. The molecule has 0 radical (unpaired) electrons. The number of benzene rings is 1. The van der Waals surface area contributed by atoms with Crippen molar-refractivity contribution >= 4 is 28.5 Å². The highest BCUT2D eigenvalue weighted by Gasteiger charge is 2.11. The number of carbonyl (C=O) groups is 2. The Hall–Kier alpha value is -1.93. The lowest BCUT2D eigenvalue weighted by molar-refractivity contribution is -0.109. The number of rotatable bonds is 3. The summed E-state index contributed by atoms with van der Waals surface area (Å²) in [5.41, 5.74) is 7.09. The van der Waals surface area contributed by atoms with Crippen LogP contribution < -0.4 is 5.73 Å². The van der Waals surface area contributed by atoms with Crippen molar-refractivity contribution in [2.45, 2.75) is 13.3 Å². The van der Waals surface area contributed by atoms with Gasteiger partial charge in [-0.2, -0.15) is 0 Å². The molecule has 19 heavy (non-hydrogen) atoms. The summed E-state index contributed by atoms with van der Waals surface area (Å²) in [6.07, 6.45) is 0.589. The van der Waals surface area contributed by atoms with Gasteiger partial charge in [0.05, 0.1) is 18.4 Å². The van der Waals surface area contributed by atoms with Crippen LogP contribution in [-0.4, -0.2) is 23.9 Å². The van der Waals surface area contributed by atoms with Crippen molar-refractivity contribution < 1.29 is 14.3 Å². The monoisotopic (exact) mass is 277 g/mol. The Labute approximate surface area is 116 Å². The van der Waals surface area contributed by atoms with E-state index in [0.717, 1.165) is 0 Å². The van der Waals surface area contributed by atoms with Crippen LogP contribution in [0, 0.1) is 11.8 Å². The lowest BCUT2D eigenvalue weighted by Gasteiger charge is -2.04. The molecule has 0 aliphatic rings. The van der Waals surface area contributed by atoms with Crippen molar-refractivity contribution in [1.82, 2.24) is 0 Å². The molecule has 0 aliphatic carbocycles. The highest BCUT2D eigenvalue weighted by Crippen LogP contribution is 2.17. The van der Waals surface area contributed by atoms with Gasteiger partial charge < -0.3 is 10.5 Å². The van der Waals surface area contributed by atoms with Crippen LogP contribution >= 0.6 is 11.8 Å². The molecule has 0 amide bonds. The van der Waals surface area contributed by atoms with Gasteiger partial charge in [-0.3, -0.25) is 4.79 Å². The molecule has 1 aromatic rings. The molecule has 0 bridgehead atoms. The van der Waals surface area contributed by atoms with Gasteiger partial charge >= 0.3 is 5.97 Å². The molecule has 0 aromatic heterocycles. The molecule has 0 saturated carbocycles. The summed E-state index contributed by atoms with van der Waals surface area (Å²) in [5, 5.41) is 0.0778. The van der Waals surface area contributed by atoms with Crippen molar-refractivity contribution in [3.63, 3.8) is 0 Å². The first kappa shape index (κ1) is 15.1. The van der Waals surface area contributed by atoms with Gasteiger partial charge in [0, 0.05) is 24.7 Å². The Kier molecular flexibility index (Phi) is 5.97. The first-order valence-corrected chi connectivity index (χ1v) is 6.64. The van der Waals surface area contributed by atoms with Crippen LogP contribution in [0.1, 0.15) is 29.3 Å². The van der Waals surface area contributed by atoms with E-state index in [2.05, 4.69) is 16.6 Å². The summed E-state index contributed by atoms with van der Waals surface area (Å²) >= 11 is 1.24. The summed E-state index contributed by atoms with van der Waals surface area (Å²) in [6, 6.07) is 5.04. The van der Waals surface area contributed by atoms with Crippen molar-refractivity contribution in [2.24, 2.45) is 0 Å². The molecule has 4 nitrogen and oxygen atoms in total. The third-order valence-electron chi connectivity index (χ3n) is 2.27. The molecule has 0 atom stereocenters. The third kappa shape index (κ3) is 4.68. The average Bonchev–Trinajstić information content (AvgIpc) is 2.39. The van der Waals surface area contributed by atoms with Crippen molar-refractivity contribution in [3.05, 3.63) is 29.3 Å². The fraction of sp³-hybridized carbons (Fsp3) is 0.286. The molecule has 0 unspecified atom stereocenters. The van der Waals surface area contributed by atoms with Gasteiger partial charge in [0.2, 0.25) is 0 Å². The highest BCUT2D eigenvalue weighted by atomic mass is 32.2. The summed E-state index contributed by atoms with van der Waals surface area (Å²) in [5.74, 6) is 6.00.